The zero-order valence-corrected chi connectivity index (χ0v) is 29.9. The molecule has 0 aliphatic carbocycles. The molecular formula is C48H27O3PS. The van der Waals surface area contributed by atoms with Crippen molar-refractivity contribution >= 4 is 131 Å². The zero-order valence-electron chi connectivity index (χ0n) is 28.2. The van der Waals surface area contributed by atoms with Crippen LogP contribution in [0.25, 0.3) is 96.4 Å². The third-order valence-electron chi connectivity index (χ3n) is 11.1. The van der Waals surface area contributed by atoms with Crippen LogP contribution in [0.4, 0.5) is 0 Å². The number of rotatable bonds is 3. The second kappa shape index (κ2) is 10.7. The number of hydrogen-bond acceptors (Lipinski definition) is 4. The Hall–Kier alpha value is -6.19. The van der Waals surface area contributed by atoms with Crippen LogP contribution in [0.3, 0.4) is 0 Å². The highest BCUT2D eigenvalue weighted by Gasteiger charge is 2.32. The van der Waals surface area contributed by atoms with Gasteiger partial charge in [-0.15, -0.1) is 11.3 Å². The Kier molecular flexibility index (Phi) is 5.92. The highest BCUT2D eigenvalue weighted by molar-refractivity contribution is 7.85. The van der Waals surface area contributed by atoms with Gasteiger partial charge < -0.3 is 13.4 Å². The number of hydrogen-bond donors (Lipinski definition) is 0. The van der Waals surface area contributed by atoms with Crippen LogP contribution in [0.15, 0.2) is 173 Å². The molecule has 0 spiro atoms. The van der Waals surface area contributed by atoms with Crippen molar-refractivity contribution in [3.05, 3.63) is 164 Å². The van der Waals surface area contributed by atoms with Crippen LogP contribution in [-0.4, -0.2) is 0 Å². The van der Waals surface area contributed by atoms with Crippen LogP contribution in [0.1, 0.15) is 0 Å². The van der Waals surface area contributed by atoms with Crippen LogP contribution in [0.2, 0.25) is 0 Å². The van der Waals surface area contributed by atoms with E-state index in [9.17, 15) is 0 Å². The van der Waals surface area contributed by atoms with Gasteiger partial charge in [0.1, 0.15) is 22.3 Å². The van der Waals surface area contributed by atoms with Gasteiger partial charge in [0.25, 0.3) is 0 Å². The van der Waals surface area contributed by atoms with E-state index in [0.29, 0.717) is 0 Å². The first-order valence-electron chi connectivity index (χ1n) is 17.8. The molecule has 0 saturated heterocycles. The van der Waals surface area contributed by atoms with Crippen LogP contribution in [-0.2, 0) is 4.57 Å². The van der Waals surface area contributed by atoms with Crippen molar-refractivity contribution < 1.29 is 13.4 Å². The molecule has 3 nitrogen and oxygen atoms in total. The van der Waals surface area contributed by atoms with Gasteiger partial charge in [-0.1, -0.05) is 97.1 Å². The van der Waals surface area contributed by atoms with E-state index < -0.39 is 7.14 Å². The van der Waals surface area contributed by atoms with Crippen molar-refractivity contribution in [1.29, 1.82) is 0 Å². The third kappa shape index (κ3) is 4.08. The van der Waals surface area contributed by atoms with Gasteiger partial charge in [0.05, 0.1) is 0 Å². The number of thiophene rings is 1. The van der Waals surface area contributed by atoms with E-state index in [4.69, 9.17) is 8.83 Å². The van der Waals surface area contributed by atoms with E-state index in [0.717, 1.165) is 64.5 Å². The largest absolute Gasteiger partial charge is 0.456 e. The van der Waals surface area contributed by atoms with Crippen LogP contribution < -0.4 is 15.9 Å². The molecule has 12 aromatic rings. The topological polar surface area (TPSA) is 43.4 Å². The predicted molar refractivity (Wildman–Crippen MR) is 226 cm³/mol. The lowest BCUT2D eigenvalue weighted by Gasteiger charge is -2.20. The van der Waals surface area contributed by atoms with Crippen molar-refractivity contribution in [1.82, 2.24) is 0 Å². The maximum Gasteiger partial charge on any atom is 0.171 e. The van der Waals surface area contributed by atoms with Gasteiger partial charge in [0.15, 0.2) is 7.14 Å². The molecule has 5 heteroatoms. The van der Waals surface area contributed by atoms with E-state index in [2.05, 4.69) is 103 Å². The Morgan fingerprint density at radius 2 is 0.736 bits per heavy atom. The third-order valence-corrected chi connectivity index (χ3v) is 15.3. The molecular weight excluding hydrogens is 688 g/mol. The number of para-hydroxylation sites is 2. The Bertz CT molecular complexity index is 3450. The van der Waals surface area contributed by atoms with E-state index in [1.807, 2.05) is 60.7 Å². The lowest BCUT2D eigenvalue weighted by atomic mass is 9.93. The number of fused-ring (bicyclic) bond motifs is 15. The smallest absolute Gasteiger partial charge is 0.171 e. The standard InChI is InChI=1S/C48H27O3PS/c49-52(28-18-21-45-40(23-28)35-13-5-7-15-43(35)50-45,29-19-22-46-41(24-29)36-14-6-8-16-44(36)51-46)30-17-20-37-42-26-38-33-11-3-1-9-31(33)32-10-2-4-12-34(32)39(38)27-48(42)53-47(37)25-30/h1-27H. The molecule has 0 aliphatic heterocycles. The van der Waals surface area contributed by atoms with Crippen molar-refractivity contribution in [3.8, 4) is 0 Å². The first kappa shape index (κ1) is 29.4. The summed E-state index contributed by atoms with van der Waals surface area (Å²) in [6.07, 6.45) is 0. The summed E-state index contributed by atoms with van der Waals surface area (Å²) in [6.45, 7) is 0. The van der Waals surface area contributed by atoms with Gasteiger partial charge in [0.2, 0.25) is 0 Å². The van der Waals surface area contributed by atoms with Gasteiger partial charge in [-0.3, -0.25) is 0 Å². The van der Waals surface area contributed by atoms with Gasteiger partial charge in [-0.25, -0.2) is 0 Å². The summed E-state index contributed by atoms with van der Waals surface area (Å²) in [6, 6.07) is 56.8. The minimum Gasteiger partial charge on any atom is -0.456 e. The molecule has 9 aromatic carbocycles. The van der Waals surface area contributed by atoms with Gasteiger partial charge in [-0.2, -0.15) is 0 Å². The van der Waals surface area contributed by atoms with E-state index in [1.54, 1.807) is 11.3 Å². The predicted octanol–water partition coefficient (Wildman–Crippen LogP) is 13.0. The van der Waals surface area contributed by atoms with Crippen LogP contribution in [0.5, 0.6) is 0 Å². The summed E-state index contributed by atoms with van der Waals surface area (Å²) in [5, 5.41) is 16.2. The monoisotopic (exact) mass is 714 g/mol. The lowest BCUT2D eigenvalue weighted by Crippen LogP contribution is -2.25. The molecule has 0 radical (unpaired) electrons. The minimum absolute atomic E-state index is 0.771. The number of benzene rings is 9. The molecule has 0 unspecified atom stereocenters. The molecule has 0 aliphatic rings. The molecule has 53 heavy (non-hydrogen) atoms. The minimum atomic E-state index is -3.42. The fourth-order valence-corrected chi connectivity index (χ4v) is 12.6. The fraction of sp³-hybridized carbons (Fsp3) is 0. The molecule has 3 aromatic heterocycles. The SMILES string of the molecule is O=P(c1ccc2c(c1)sc1cc3c4ccccc4c4ccccc4c3cc12)(c1ccc2oc3ccccc3c2c1)c1ccc2oc3ccccc3c2c1. The lowest BCUT2D eigenvalue weighted by molar-refractivity contribution is 0.592. The Labute approximate surface area is 306 Å². The maximum atomic E-state index is 16.3. The van der Waals surface area contributed by atoms with Crippen LogP contribution >= 0.6 is 18.5 Å². The number of furan rings is 2. The van der Waals surface area contributed by atoms with E-state index in [-0.39, 0.29) is 0 Å². The fourth-order valence-electron chi connectivity index (χ4n) is 8.63. The average molecular weight is 715 g/mol. The van der Waals surface area contributed by atoms with Crippen molar-refractivity contribution in [2.24, 2.45) is 0 Å². The maximum absolute atomic E-state index is 16.3. The molecule has 0 bridgehead atoms. The molecule has 0 fully saturated rings. The van der Waals surface area contributed by atoms with Gasteiger partial charge in [0, 0.05) is 57.6 Å². The Morgan fingerprint density at radius 3 is 1.30 bits per heavy atom. The van der Waals surface area contributed by atoms with Crippen molar-refractivity contribution in [2.45, 2.75) is 0 Å². The molecule has 0 N–H and O–H groups in total. The molecule has 0 amide bonds. The quantitative estimate of drug-likeness (QED) is 0.135. The summed E-state index contributed by atoms with van der Waals surface area (Å²) >= 11 is 1.77. The van der Waals surface area contributed by atoms with Crippen molar-refractivity contribution in [2.75, 3.05) is 0 Å². The molecule has 0 saturated carbocycles. The molecule has 12 rings (SSSR count). The summed E-state index contributed by atoms with van der Waals surface area (Å²) in [5.74, 6) is 0. The van der Waals surface area contributed by atoms with Gasteiger partial charge in [-0.05, 0) is 99.0 Å². The average Bonchev–Trinajstić information content (AvgIpc) is 3.90. The molecule has 0 atom stereocenters. The molecule has 3 heterocycles. The normalized spacial score (nSPS) is 12.6. The molecule has 248 valence electrons. The highest BCUT2D eigenvalue weighted by Crippen LogP contribution is 2.48. The van der Waals surface area contributed by atoms with Crippen molar-refractivity contribution in [3.63, 3.8) is 0 Å². The van der Waals surface area contributed by atoms with Gasteiger partial charge >= 0.3 is 0 Å². The van der Waals surface area contributed by atoms with Crippen LogP contribution in [0, 0.1) is 0 Å². The summed E-state index contributed by atoms with van der Waals surface area (Å²) in [7, 11) is -3.42. The summed E-state index contributed by atoms with van der Waals surface area (Å²) in [5.41, 5.74) is 3.20. The summed E-state index contributed by atoms with van der Waals surface area (Å²) < 4.78 is 31.1. The second-order valence-electron chi connectivity index (χ2n) is 13.9. The Morgan fingerprint density at radius 1 is 0.321 bits per heavy atom. The first-order chi connectivity index (χ1) is 26.1. The first-order valence-corrected chi connectivity index (χ1v) is 20.3. The van der Waals surface area contributed by atoms with E-state index >= 15 is 4.57 Å². The second-order valence-corrected chi connectivity index (χ2v) is 17.8. The Balaban J connectivity index is 1.13. The highest BCUT2D eigenvalue weighted by atomic mass is 32.1. The van der Waals surface area contributed by atoms with E-state index in [1.165, 1.54) is 47.8 Å². The zero-order chi connectivity index (χ0) is 34.8. The summed E-state index contributed by atoms with van der Waals surface area (Å²) in [4.78, 5) is 0.